The summed E-state index contributed by atoms with van der Waals surface area (Å²) in [5.41, 5.74) is 0.303. The first kappa shape index (κ1) is 21.2. The molecule has 0 saturated carbocycles. The zero-order valence-electron chi connectivity index (χ0n) is 18.2. The fraction of sp³-hybridized carbons (Fsp3) is 0.280. The second-order valence-electron chi connectivity index (χ2n) is 8.91. The topological polar surface area (TPSA) is 104 Å². The molecule has 8 nitrogen and oxygen atoms in total. The molecule has 8 heteroatoms. The molecular formula is C25H24N4O4. The van der Waals surface area contributed by atoms with E-state index in [9.17, 15) is 14.7 Å². The molecule has 0 spiro atoms. The Morgan fingerprint density at radius 2 is 1.79 bits per heavy atom. The first-order chi connectivity index (χ1) is 15.9. The molecule has 0 radical (unpaired) electrons. The van der Waals surface area contributed by atoms with Crippen LogP contribution in [-0.4, -0.2) is 59.1 Å². The molecule has 168 valence electrons. The van der Waals surface area contributed by atoms with E-state index in [4.69, 9.17) is 4.74 Å². The van der Waals surface area contributed by atoms with Crippen molar-refractivity contribution in [2.24, 2.45) is 0 Å². The lowest BCUT2D eigenvalue weighted by molar-refractivity contribution is -0.890. The van der Waals surface area contributed by atoms with Crippen LogP contribution in [0.2, 0.25) is 0 Å². The molecule has 1 aromatic heterocycles. The normalized spacial score (nSPS) is 22.3. The molecule has 33 heavy (non-hydrogen) atoms. The Morgan fingerprint density at radius 3 is 2.42 bits per heavy atom. The maximum atomic E-state index is 14.0. The average Bonchev–Trinajstić information content (AvgIpc) is 3.30. The number of rotatable bonds is 5. The summed E-state index contributed by atoms with van der Waals surface area (Å²) < 4.78 is 6.20. The lowest BCUT2D eigenvalue weighted by Crippen LogP contribution is -2.51. The Hall–Kier alpha value is -3.62. The number of esters is 1. The Kier molecular flexibility index (Phi) is 5.19. The number of fused-ring (bicyclic) bond motifs is 3. The van der Waals surface area contributed by atoms with Crippen molar-refractivity contribution in [1.82, 2.24) is 9.97 Å². The second kappa shape index (κ2) is 8.06. The van der Waals surface area contributed by atoms with Crippen LogP contribution in [0, 0.1) is 0 Å². The molecule has 2 aromatic carbocycles. The van der Waals surface area contributed by atoms with Gasteiger partial charge in [-0.2, -0.15) is 0 Å². The number of benzene rings is 2. The standard InChI is InChI=1S/C25H24N4O4/c1-29(15-23(30)28-22-10-12-26-16-27-22)13-11-17(14-29)33-24(31)25(32)20-8-4-2-6-18(20)19-7-3-5-9-21(19)25/h2-10,12,16-17H,11,13-15H2,1H3,(H,26,27,28,30)/t17-,29?/m1/s1. The van der Waals surface area contributed by atoms with Crippen LogP contribution >= 0.6 is 0 Å². The largest absolute Gasteiger partial charge is 0.834 e. The third kappa shape index (κ3) is 3.77. The minimum absolute atomic E-state index is 0.179. The van der Waals surface area contributed by atoms with Crippen molar-refractivity contribution in [1.29, 1.82) is 0 Å². The van der Waals surface area contributed by atoms with Crippen LogP contribution in [0.1, 0.15) is 17.5 Å². The van der Waals surface area contributed by atoms with Gasteiger partial charge in [0.05, 0.1) is 13.6 Å². The SMILES string of the molecule is C[N+]1(CC(=O)Nc2ccncn2)CC[C@@H](OC(=O)C2([O-])c3ccccc3-c3ccccc32)C1. The predicted molar refractivity (Wildman–Crippen MR) is 119 cm³/mol. The number of hydrogen-bond donors (Lipinski definition) is 1. The quantitative estimate of drug-likeness (QED) is 0.472. The summed E-state index contributed by atoms with van der Waals surface area (Å²) in [6.45, 7) is 1.34. The van der Waals surface area contributed by atoms with Crippen LogP contribution in [0.5, 0.6) is 0 Å². The molecular weight excluding hydrogens is 420 g/mol. The maximum absolute atomic E-state index is 14.0. The third-order valence-corrected chi connectivity index (χ3v) is 6.47. The van der Waals surface area contributed by atoms with Gasteiger partial charge in [0, 0.05) is 18.2 Å². The fourth-order valence-electron chi connectivity index (χ4n) is 4.91. The van der Waals surface area contributed by atoms with Gasteiger partial charge in [-0.15, -0.1) is 0 Å². The van der Waals surface area contributed by atoms with Gasteiger partial charge in [-0.25, -0.2) is 9.97 Å². The van der Waals surface area contributed by atoms with E-state index in [1.807, 2.05) is 31.3 Å². The first-order valence-electron chi connectivity index (χ1n) is 10.9. The number of nitrogens with one attached hydrogen (secondary N) is 1. The maximum Gasteiger partial charge on any atom is 0.304 e. The zero-order chi connectivity index (χ0) is 23.1. The van der Waals surface area contributed by atoms with Crippen molar-refractivity contribution in [3.63, 3.8) is 0 Å². The second-order valence-corrected chi connectivity index (χ2v) is 8.91. The number of quaternary nitrogens is 1. The molecule has 1 aliphatic carbocycles. The lowest BCUT2D eigenvalue weighted by Gasteiger charge is -2.36. The highest BCUT2D eigenvalue weighted by Crippen LogP contribution is 2.46. The smallest absolute Gasteiger partial charge is 0.304 e. The Labute approximate surface area is 191 Å². The van der Waals surface area contributed by atoms with Crippen molar-refractivity contribution in [2.75, 3.05) is 32.0 Å². The summed E-state index contributed by atoms with van der Waals surface area (Å²) in [6, 6.07) is 16.0. The summed E-state index contributed by atoms with van der Waals surface area (Å²) >= 11 is 0. The number of anilines is 1. The van der Waals surface area contributed by atoms with Gasteiger partial charge in [0.15, 0.2) is 12.6 Å². The van der Waals surface area contributed by atoms with Crippen LogP contribution in [0.3, 0.4) is 0 Å². The highest BCUT2D eigenvalue weighted by atomic mass is 16.6. The van der Waals surface area contributed by atoms with E-state index in [1.54, 1.807) is 36.5 Å². The van der Waals surface area contributed by atoms with Crippen molar-refractivity contribution in [2.45, 2.75) is 18.1 Å². The van der Waals surface area contributed by atoms with E-state index in [1.165, 1.54) is 6.33 Å². The van der Waals surface area contributed by atoms with E-state index in [0.29, 0.717) is 40.9 Å². The van der Waals surface area contributed by atoms with Crippen molar-refractivity contribution < 1.29 is 23.9 Å². The number of likely N-dealkylation sites (tertiary alicyclic amines) is 1. The summed E-state index contributed by atoms with van der Waals surface area (Å²) in [6.07, 6.45) is 3.08. The van der Waals surface area contributed by atoms with Gasteiger partial charge in [-0.3, -0.25) is 9.59 Å². The van der Waals surface area contributed by atoms with E-state index < -0.39 is 17.7 Å². The first-order valence-corrected chi connectivity index (χ1v) is 10.9. The molecule has 2 aliphatic rings. The average molecular weight is 444 g/mol. The number of nitrogens with zero attached hydrogens (tertiary/aromatic N) is 3. The molecule has 1 aliphatic heterocycles. The highest BCUT2D eigenvalue weighted by molar-refractivity contribution is 5.95. The van der Waals surface area contributed by atoms with E-state index >= 15 is 0 Å². The summed E-state index contributed by atoms with van der Waals surface area (Å²) in [7, 11) is 1.94. The monoisotopic (exact) mass is 444 g/mol. The van der Waals surface area contributed by atoms with Crippen LogP contribution in [-0.2, 0) is 19.9 Å². The van der Waals surface area contributed by atoms with Gasteiger partial charge < -0.3 is 19.6 Å². The Morgan fingerprint density at radius 1 is 1.12 bits per heavy atom. The minimum atomic E-state index is -2.09. The number of hydrogen-bond acceptors (Lipinski definition) is 6. The van der Waals surface area contributed by atoms with Gasteiger partial charge in [0.1, 0.15) is 18.7 Å². The van der Waals surface area contributed by atoms with E-state index in [0.717, 1.165) is 11.1 Å². The minimum Gasteiger partial charge on any atom is -0.834 e. The summed E-state index contributed by atoms with van der Waals surface area (Å²) in [4.78, 5) is 33.6. The molecule has 1 saturated heterocycles. The molecule has 3 aromatic rings. The molecule has 5 rings (SSSR count). The van der Waals surface area contributed by atoms with Gasteiger partial charge >= 0.3 is 5.97 Å². The van der Waals surface area contributed by atoms with E-state index in [2.05, 4.69) is 15.3 Å². The van der Waals surface area contributed by atoms with Crippen molar-refractivity contribution >= 4 is 17.7 Å². The van der Waals surface area contributed by atoms with Crippen molar-refractivity contribution in [3.8, 4) is 11.1 Å². The molecule has 1 unspecified atom stereocenters. The highest BCUT2D eigenvalue weighted by Gasteiger charge is 2.44. The summed E-state index contributed by atoms with van der Waals surface area (Å²) in [5.74, 6) is -0.526. The Balaban J connectivity index is 1.29. The van der Waals surface area contributed by atoms with Gasteiger partial charge in [0.25, 0.3) is 5.91 Å². The number of carbonyl (C=O) groups is 2. The predicted octanol–water partition coefficient (Wildman–Crippen LogP) is 1.46. The van der Waals surface area contributed by atoms with Gasteiger partial charge in [-0.1, -0.05) is 48.5 Å². The van der Waals surface area contributed by atoms with Gasteiger partial charge in [0.2, 0.25) is 0 Å². The molecule has 2 heterocycles. The number of carbonyl (C=O) groups excluding carboxylic acids is 2. The lowest BCUT2D eigenvalue weighted by atomic mass is 9.91. The molecule has 1 fully saturated rings. The number of likely N-dealkylation sites (N-methyl/N-ethyl adjacent to an activating group) is 1. The van der Waals surface area contributed by atoms with Crippen molar-refractivity contribution in [3.05, 3.63) is 78.2 Å². The molecule has 1 N–H and O–H groups in total. The zero-order valence-corrected chi connectivity index (χ0v) is 18.2. The Bertz CT molecular complexity index is 1170. The molecule has 1 amide bonds. The summed E-state index contributed by atoms with van der Waals surface area (Å²) in [5, 5.41) is 16.8. The number of amides is 1. The number of ether oxygens (including phenoxy) is 1. The molecule has 0 bridgehead atoms. The fourth-order valence-corrected chi connectivity index (χ4v) is 4.91. The third-order valence-electron chi connectivity index (χ3n) is 6.47. The van der Waals surface area contributed by atoms with Crippen LogP contribution in [0.15, 0.2) is 67.1 Å². The number of aromatic nitrogens is 2. The van der Waals surface area contributed by atoms with Crippen LogP contribution in [0.25, 0.3) is 11.1 Å². The van der Waals surface area contributed by atoms with Gasteiger partial charge in [-0.05, 0) is 28.3 Å². The van der Waals surface area contributed by atoms with E-state index in [-0.39, 0.29) is 12.5 Å². The van der Waals surface area contributed by atoms with Crippen LogP contribution in [0.4, 0.5) is 5.82 Å². The van der Waals surface area contributed by atoms with Crippen LogP contribution < -0.4 is 10.4 Å². The molecule has 2 atom stereocenters.